The fourth-order valence-corrected chi connectivity index (χ4v) is 8.36. The van der Waals surface area contributed by atoms with E-state index in [0.717, 1.165) is 39.3 Å². The molecule has 10 rings (SSSR count). The number of ether oxygens (including phenoxy) is 1. The van der Waals surface area contributed by atoms with Gasteiger partial charge in [0.15, 0.2) is 17.5 Å². The van der Waals surface area contributed by atoms with Gasteiger partial charge in [0.1, 0.15) is 11.5 Å². The second-order valence-electron chi connectivity index (χ2n) is 11.9. The third-order valence-corrected chi connectivity index (χ3v) is 10.4. The lowest BCUT2D eigenvalue weighted by molar-refractivity contribution is 0.438. The molecule has 1 spiro atoms. The number of thiophene rings is 1. The number of benzene rings is 6. The Bertz CT molecular complexity index is 2450. The third-order valence-electron chi connectivity index (χ3n) is 9.50. The van der Waals surface area contributed by atoms with E-state index in [1.165, 1.54) is 32.3 Å². The van der Waals surface area contributed by atoms with Gasteiger partial charge in [-0.3, -0.25) is 0 Å². The highest BCUT2D eigenvalue weighted by atomic mass is 32.1. The van der Waals surface area contributed by atoms with Crippen molar-refractivity contribution in [3.05, 3.63) is 173 Å². The summed E-state index contributed by atoms with van der Waals surface area (Å²) in [4.78, 5) is 15.1. The van der Waals surface area contributed by atoms with Gasteiger partial charge in [-0.05, 0) is 51.9 Å². The van der Waals surface area contributed by atoms with E-state index < -0.39 is 5.41 Å². The Morgan fingerprint density at radius 2 is 1.09 bits per heavy atom. The first-order chi connectivity index (χ1) is 23.3. The average Bonchev–Trinajstić information content (AvgIpc) is 3.74. The molecule has 220 valence electrons. The molecule has 1 aliphatic carbocycles. The van der Waals surface area contributed by atoms with E-state index in [1.54, 1.807) is 11.3 Å². The van der Waals surface area contributed by atoms with E-state index in [2.05, 4.69) is 84.2 Å². The maximum Gasteiger partial charge on any atom is 0.167 e. The molecule has 47 heavy (non-hydrogen) atoms. The molecule has 0 amide bonds. The van der Waals surface area contributed by atoms with Crippen molar-refractivity contribution in [3.8, 4) is 56.8 Å². The first-order valence-electron chi connectivity index (χ1n) is 15.7. The third kappa shape index (κ3) is 3.72. The van der Waals surface area contributed by atoms with Crippen molar-refractivity contribution in [2.75, 3.05) is 0 Å². The highest BCUT2D eigenvalue weighted by Crippen LogP contribution is 2.64. The van der Waals surface area contributed by atoms with Crippen LogP contribution in [0.15, 0.2) is 151 Å². The zero-order chi connectivity index (χ0) is 31.0. The molecule has 8 aromatic rings. The quantitative estimate of drug-likeness (QED) is 0.197. The van der Waals surface area contributed by atoms with Crippen LogP contribution in [0.3, 0.4) is 0 Å². The molecule has 2 aromatic heterocycles. The van der Waals surface area contributed by atoms with Gasteiger partial charge in [-0.15, -0.1) is 11.3 Å². The lowest BCUT2D eigenvalue weighted by Crippen LogP contribution is -2.32. The van der Waals surface area contributed by atoms with Crippen LogP contribution in [0, 0.1) is 0 Å². The Balaban J connectivity index is 1.29. The Morgan fingerprint density at radius 1 is 0.468 bits per heavy atom. The largest absolute Gasteiger partial charge is 0.456 e. The van der Waals surface area contributed by atoms with Gasteiger partial charge in [0, 0.05) is 32.3 Å². The molecule has 0 saturated heterocycles. The van der Waals surface area contributed by atoms with Gasteiger partial charge in [-0.1, -0.05) is 121 Å². The van der Waals surface area contributed by atoms with Crippen LogP contribution < -0.4 is 4.74 Å². The van der Waals surface area contributed by atoms with E-state index in [-0.39, 0.29) is 0 Å². The lowest BCUT2D eigenvalue weighted by Gasteiger charge is -2.40. The van der Waals surface area contributed by atoms with Crippen LogP contribution in [0.2, 0.25) is 0 Å². The summed E-state index contributed by atoms with van der Waals surface area (Å²) in [6, 6.07) is 50.8. The highest BCUT2D eigenvalue weighted by molar-refractivity contribution is 7.17. The molecule has 0 fully saturated rings. The number of rotatable bonds is 3. The summed E-state index contributed by atoms with van der Waals surface area (Å²) in [5.41, 5.74) is 9.41. The zero-order valence-electron chi connectivity index (χ0n) is 25.1. The monoisotopic (exact) mass is 619 g/mol. The van der Waals surface area contributed by atoms with Crippen LogP contribution in [-0.4, -0.2) is 15.0 Å². The van der Waals surface area contributed by atoms with Crippen LogP contribution >= 0.6 is 11.3 Å². The smallest absolute Gasteiger partial charge is 0.167 e. The molecule has 4 nitrogen and oxygen atoms in total. The fourth-order valence-electron chi connectivity index (χ4n) is 7.57. The molecule has 1 aliphatic heterocycles. The van der Waals surface area contributed by atoms with Crippen LogP contribution in [0.5, 0.6) is 11.5 Å². The number of hydrogen-bond acceptors (Lipinski definition) is 5. The molecule has 5 heteroatoms. The first-order valence-corrected chi connectivity index (χ1v) is 16.6. The summed E-state index contributed by atoms with van der Waals surface area (Å²) >= 11 is 1.79. The van der Waals surface area contributed by atoms with Gasteiger partial charge >= 0.3 is 0 Å². The molecule has 6 aromatic carbocycles. The molecule has 3 heterocycles. The summed E-state index contributed by atoms with van der Waals surface area (Å²) in [5, 5.41) is 3.48. The molecular formula is C42H25N3OS. The minimum absolute atomic E-state index is 0.573. The molecular weight excluding hydrogens is 595 g/mol. The summed E-state index contributed by atoms with van der Waals surface area (Å²) in [6.07, 6.45) is 0. The SMILES string of the molecule is c1ccc(-c2nc(-c3ccccc3)nc(-c3cccc4c3Oc3ccccc3C43c4ccccc4-c4c3ccc3sccc43)n2)cc1. The molecule has 0 N–H and O–H groups in total. The number of para-hydroxylation sites is 2. The molecule has 1 atom stereocenters. The Kier molecular flexibility index (Phi) is 5.63. The van der Waals surface area contributed by atoms with E-state index in [0.29, 0.717) is 17.5 Å². The van der Waals surface area contributed by atoms with E-state index in [9.17, 15) is 0 Å². The highest BCUT2D eigenvalue weighted by Gasteiger charge is 2.52. The number of aromatic nitrogens is 3. The van der Waals surface area contributed by atoms with Crippen LogP contribution in [0.25, 0.3) is 55.4 Å². The molecule has 0 bridgehead atoms. The van der Waals surface area contributed by atoms with Crippen molar-refractivity contribution < 1.29 is 4.74 Å². The van der Waals surface area contributed by atoms with Crippen molar-refractivity contribution in [1.29, 1.82) is 0 Å². The number of hydrogen-bond donors (Lipinski definition) is 0. The maximum atomic E-state index is 6.95. The number of nitrogens with zero attached hydrogens (tertiary/aromatic N) is 3. The van der Waals surface area contributed by atoms with Gasteiger partial charge < -0.3 is 4.74 Å². The Morgan fingerprint density at radius 3 is 1.85 bits per heavy atom. The van der Waals surface area contributed by atoms with Crippen molar-refractivity contribution in [2.24, 2.45) is 0 Å². The van der Waals surface area contributed by atoms with Crippen LogP contribution in [0.4, 0.5) is 0 Å². The molecule has 0 radical (unpaired) electrons. The fraction of sp³-hybridized carbons (Fsp3) is 0.0238. The van der Waals surface area contributed by atoms with Crippen molar-refractivity contribution in [2.45, 2.75) is 5.41 Å². The minimum atomic E-state index is -0.584. The maximum absolute atomic E-state index is 6.95. The van der Waals surface area contributed by atoms with Crippen molar-refractivity contribution >= 4 is 21.4 Å². The minimum Gasteiger partial charge on any atom is -0.456 e. The van der Waals surface area contributed by atoms with Crippen LogP contribution in [0.1, 0.15) is 22.3 Å². The predicted molar refractivity (Wildman–Crippen MR) is 189 cm³/mol. The molecule has 0 saturated carbocycles. The van der Waals surface area contributed by atoms with Gasteiger partial charge in [-0.2, -0.15) is 0 Å². The topological polar surface area (TPSA) is 47.9 Å². The molecule has 2 aliphatic rings. The second-order valence-corrected chi connectivity index (χ2v) is 12.9. The standard InChI is InChI=1S/C42H25N3OS/c1-3-12-26(13-4-1)39-43-40(27-14-5-2-6-15-27)45-41(44-39)30-17-11-20-34-38(30)46-35-21-10-9-19-32(35)42(34)31-18-8-7-16-28(31)37-29-24-25-47-36(29)23-22-33(37)42/h1-25H. The van der Waals surface area contributed by atoms with Gasteiger partial charge in [0.2, 0.25) is 0 Å². The Hall–Kier alpha value is -5.91. The zero-order valence-corrected chi connectivity index (χ0v) is 25.9. The summed E-state index contributed by atoms with van der Waals surface area (Å²) < 4.78 is 8.23. The second kappa shape index (κ2) is 10.0. The number of fused-ring (bicyclic) bond motifs is 11. The van der Waals surface area contributed by atoms with Crippen molar-refractivity contribution in [1.82, 2.24) is 15.0 Å². The summed E-state index contributed by atoms with van der Waals surface area (Å²) in [6.45, 7) is 0. The Labute approximate surface area is 275 Å². The summed E-state index contributed by atoms with van der Waals surface area (Å²) in [5.74, 6) is 3.41. The van der Waals surface area contributed by atoms with Gasteiger partial charge in [-0.25, -0.2) is 15.0 Å². The lowest BCUT2D eigenvalue weighted by atomic mass is 9.65. The van der Waals surface area contributed by atoms with E-state index in [1.807, 2.05) is 66.7 Å². The molecule has 1 unspecified atom stereocenters. The predicted octanol–water partition coefficient (Wildman–Crippen LogP) is 10.6. The summed E-state index contributed by atoms with van der Waals surface area (Å²) in [7, 11) is 0. The first kappa shape index (κ1) is 26.3. The van der Waals surface area contributed by atoms with Gasteiger partial charge in [0.05, 0.1) is 11.0 Å². The van der Waals surface area contributed by atoms with Crippen molar-refractivity contribution in [3.63, 3.8) is 0 Å². The average molecular weight is 620 g/mol. The normalized spacial score (nSPS) is 15.5. The van der Waals surface area contributed by atoms with E-state index in [4.69, 9.17) is 19.7 Å². The van der Waals surface area contributed by atoms with Gasteiger partial charge in [0.25, 0.3) is 0 Å². The van der Waals surface area contributed by atoms with Crippen LogP contribution in [-0.2, 0) is 5.41 Å². The van der Waals surface area contributed by atoms with E-state index >= 15 is 0 Å².